The smallest absolute Gasteiger partial charge is 0.258 e. The molecule has 11 nitrogen and oxygen atoms in total. The molecule has 0 spiro atoms. The third kappa shape index (κ3) is 5.38. The molecule has 1 aromatic carbocycles. The molecular weight excluding hydrogens is 508 g/mol. The first-order valence-electron chi connectivity index (χ1n) is 12.0. The molecule has 0 radical (unpaired) electrons. The van der Waals surface area contributed by atoms with E-state index >= 15 is 0 Å². The number of nitrogens with zero attached hydrogens (tertiary/aromatic N) is 5. The average molecular weight is 535 g/mol. The first kappa shape index (κ1) is 25.4. The minimum absolute atomic E-state index is 0.128. The number of carbonyl (C=O) groups excluding carboxylic acids is 1. The largest absolute Gasteiger partial charge is 0.485 e. The van der Waals surface area contributed by atoms with Crippen LogP contribution in [0.5, 0.6) is 0 Å². The monoisotopic (exact) mass is 534 g/mol. The summed E-state index contributed by atoms with van der Waals surface area (Å²) in [5, 5.41) is 19.0. The highest BCUT2D eigenvalue weighted by atomic mass is 35.5. The molecule has 0 aliphatic heterocycles. The summed E-state index contributed by atoms with van der Waals surface area (Å²) < 4.78 is 13.1. The normalized spacial score (nSPS) is 16.1. The molecule has 2 unspecified atom stereocenters. The van der Waals surface area contributed by atoms with E-state index in [9.17, 15) is 4.79 Å². The van der Waals surface area contributed by atoms with Crippen molar-refractivity contribution >= 4 is 45.6 Å². The maximum Gasteiger partial charge on any atom is 0.258 e. The third-order valence-corrected chi connectivity index (χ3v) is 6.65. The Hall–Kier alpha value is -4.22. The molecule has 3 heterocycles. The molecule has 3 aromatic heterocycles. The minimum Gasteiger partial charge on any atom is -0.485 e. The Morgan fingerprint density at radius 3 is 2.95 bits per heavy atom. The van der Waals surface area contributed by atoms with Gasteiger partial charge in [-0.3, -0.25) is 14.9 Å². The summed E-state index contributed by atoms with van der Waals surface area (Å²) >= 11 is 6.54. The number of aryl methyl sites for hydroxylation is 1. The molecule has 1 aliphatic rings. The van der Waals surface area contributed by atoms with E-state index in [4.69, 9.17) is 21.1 Å². The lowest BCUT2D eigenvalue weighted by atomic mass is 10.0. The molecule has 38 heavy (non-hydrogen) atoms. The maximum atomic E-state index is 12.4. The number of ether oxygens (including phenoxy) is 2. The number of rotatable bonds is 9. The van der Waals surface area contributed by atoms with E-state index in [0.717, 1.165) is 22.0 Å². The van der Waals surface area contributed by atoms with Gasteiger partial charge in [-0.15, -0.1) is 5.10 Å². The zero-order chi connectivity index (χ0) is 26.6. The van der Waals surface area contributed by atoms with Gasteiger partial charge in [0.2, 0.25) is 5.95 Å². The summed E-state index contributed by atoms with van der Waals surface area (Å²) in [6.45, 7) is 1.77. The summed E-state index contributed by atoms with van der Waals surface area (Å²) in [5.41, 5.74) is 3.34. The molecule has 0 fully saturated rings. The number of benzene rings is 1. The van der Waals surface area contributed by atoms with Crippen LogP contribution in [0, 0.1) is 0 Å². The highest BCUT2D eigenvalue weighted by Gasteiger charge is 2.25. The van der Waals surface area contributed by atoms with Crippen LogP contribution < -0.4 is 10.6 Å². The molecular formula is C26H27ClN8O3. The van der Waals surface area contributed by atoms with Gasteiger partial charge >= 0.3 is 0 Å². The first-order valence-corrected chi connectivity index (χ1v) is 12.4. The van der Waals surface area contributed by atoms with Crippen molar-refractivity contribution in [2.45, 2.75) is 25.5 Å². The quantitative estimate of drug-likeness (QED) is 0.293. The number of methoxy groups -OCH3 is 1. The van der Waals surface area contributed by atoms with E-state index < -0.39 is 0 Å². The SMILES string of the molecule is COC1CC(c2nc(Nc3ccc4[nH]ncc4c3Cl)n(C)n2)=CC=C1OCC(=O)NC(C)c1cccnc1. The van der Waals surface area contributed by atoms with Gasteiger partial charge in [0.15, 0.2) is 12.4 Å². The number of aromatic nitrogens is 6. The molecule has 0 saturated carbocycles. The van der Waals surface area contributed by atoms with Crippen LogP contribution in [0.25, 0.3) is 16.5 Å². The molecule has 2 atom stereocenters. The van der Waals surface area contributed by atoms with Crippen LogP contribution in [-0.2, 0) is 21.3 Å². The Morgan fingerprint density at radius 1 is 1.29 bits per heavy atom. The second-order valence-corrected chi connectivity index (χ2v) is 9.20. The minimum atomic E-state index is -0.378. The van der Waals surface area contributed by atoms with E-state index in [-0.39, 0.29) is 24.7 Å². The van der Waals surface area contributed by atoms with Gasteiger partial charge in [-0.25, -0.2) is 4.68 Å². The number of aromatic amines is 1. The fraction of sp³-hybridized carbons (Fsp3) is 0.269. The Morgan fingerprint density at radius 2 is 2.16 bits per heavy atom. The van der Waals surface area contributed by atoms with E-state index in [1.165, 1.54) is 0 Å². The lowest BCUT2D eigenvalue weighted by molar-refractivity contribution is -0.125. The second kappa shape index (κ2) is 11.0. The van der Waals surface area contributed by atoms with E-state index in [2.05, 4.69) is 35.9 Å². The van der Waals surface area contributed by atoms with Crippen molar-refractivity contribution in [1.29, 1.82) is 0 Å². The van der Waals surface area contributed by atoms with Crippen molar-refractivity contribution < 1.29 is 14.3 Å². The van der Waals surface area contributed by atoms with Crippen molar-refractivity contribution in [3.05, 3.63) is 77.2 Å². The molecule has 1 aliphatic carbocycles. The van der Waals surface area contributed by atoms with Crippen LogP contribution in [0.15, 0.2) is 60.8 Å². The van der Waals surface area contributed by atoms with Crippen LogP contribution in [0.2, 0.25) is 5.02 Å². The zero-order valence-corrected chi connectivity index (χ0v) is 21.9. The third-order valence-electron chi connectivity index (χ3n) is 6.24. The molecule has 3 N–H and O–H groups in total. The summed E-state index contributed by atoms with van der Waals surface area (Å²) in [5.74, 6) is 1.41. The Labute approximate surface area is 223 Å². The number of carbonyl (C=O) groups is 1. The summed E-state index contributed by atoms with van der Waals surface area (Å²) in [6.07, 6.45) is 8.88. The van der Waals surface area contributed by atoms with Gasteiger partial charge in [-0.1, -0.05) is 23.7 Å². The summed E-state index contributed by atoms with van der Waals surface area (Å²) in [7, 11) is 3.40. The lowest BCUT2D eigenvalue weighted by Crippen LogP contribution is -2.31. The van der Waals surface area contributed by atoms with Crippen LogP contribution in [-0.4, -0.2) is 55.7 Å². The molecule has 5 rings (SSSR count). The van der Waals surface area contributed by atoms with Gasteiger partial charge in [0.25, 0.3) is 5.91 Å². The topological polar surface area (TPSA) is 132 Å². The Bertz CT molecular complexity index is 1510. The molecule has 0 bridgehead atoms. The highest BCUT2D eigenvalue weighted by Crippen LogP contribution is 2.33. The number of H-pyrrole nitrogens is 1. The van der Waals surface area contributed by atoms with Gasteiger partial charge in [-0.05, 0) is 36.8 Å². The van der Waals surface area contributed by atoms with Gasteiger partial charge < -0.3 is 20.1 Å². The van der Waals surface area contributed by atoms with Gasteiger partial charge in [-0.2, -0.15) is 10.1 Å². The van der Waals surface area contributed by atoms with E-state index in [1.54, 1.807) is 43.5 Å². The fourth-order valence-electron chi connectivity index (χ4n) is 4.14. The fourth-order valence-corrected chi connectivity index (χ4v) is 4.40. The number of halogens is 1. The average Bonchev–Trinajstić information content (AvgIpc) is 3.56. The van der Waals surface area contributed by atoms with Crippen molar-refractivity contribution in [2.24, 2.45) is 7.05 Å². The summed E-state index contributed by atoms with van der Waals surface area (Å²) in [6, 6.07) is 7.32. The van der Waals surface area contributed by atoms with E-state index in [0.29, 0.717) is 34.7 Å². The van der Waals surface area contributed by atoms with Gasteiger partial charge in [0, 0.05) is 43.9 Å². The molecule has 1 amide bonds. The number of hydrogen-bond acceptors (Lipinski definition) is 8. The summed E-state index contributed by atoms with van der Waals surface area (Å²) in [4.78, 5) is 21.2. The molecule has 4 aromatic rings. The molecule has 0 saturated heterocycles. The number of fused-ring (bicyclic) bond motifs is 1. The van der Waals surface area contributed by atoms with Gasteiger partial charge in [0.1, 0.15) is 11.9 Å². The van der Waals surface area contributed by atoms with E-state index in [1.807, 2.05) is 37.3 Å². The number of amides is 1. The van der Waals surface area contributed by atoms with Crippen molar-refractivity contribution in [1.82, 2.24) is 35.3 Å². The predicted molar refractivity (Wildman–Crippen MR) is 144 cm³/mol. The van der Waals surface area contributed by atoms with Crippen LogP contribution in [0.1, 0.15) is 30.8 Å². The van der Waals surface area contributed by atoms with Crippen LogP contribution in [0.3, 0.4) is 0 Å². The second-order valence-electron chi connectivity index (χ2n) is 8.82. The number of allylic oxidation sites excluding steroid dienone is 2. The number of pyridine rings is 1. The van der Waals surface area contributed by atoms with Crippen LogP contribution in [0.4, 0.5) is 11.6 Å². The van der Waals surface area contributed by atoms with Gasteiger partial charge in [0.05, 0.1) is 28.5 Å². The number of nitrogens with one attached hydrogen (secondary N) is 3. The van der Waals surface area contributed by atoms with Crippen molar-refractivity contribution in [3.63, 3.8) is 0 Å². The lowest BCUT2D eigenvalue weighted by Gasteiger charge is -2.23. The number of anilines is 2. The van der Waals surface area contributed by atoms with Crippen molar-refractivity contribution in [3.8, 4) is 0 Å². The number of hydrogen-bond donors (Lipinski definition) is 3. The standard InChI is InChI=1S/C26H27ClN8O3/c1-15(17-5-4-10-28-12-17)30-23(36)14-38-21-9-6-16(11-22(21)37-3)25-32-26(35(2)34-25)31-20-8-7-19-18(24(20)27)13-29-33-19/h4-10,12-13,15,22H,11,14H2,1-3H3,(H,29,33)(H,30,36)(H,31,32,34). The first-order chi connectivity index (χ1) is 18.4. The Kier molecular flexibility index (Phi) is 7.38. The van der Waals surface area contributed by atoms with Crippen LogP contribution >= 0.6 is 11.6 Å². The van der Waals surface area contributed by atoms with Crippen molar-refractivity contribution in [2.75, 3.05) is 19.0 Å². The highest BCUT2D eigenvalue weighted by molar-refractivity contribution is 6.38. The maximum absolute atomic E-state index is 12.4. The zero-order valence-electron chi connectivity index (χ0n) is 21.1. The molecule has 12 heteroatoms. The molecule has 196 valence electrons. The predicted octanol–water partition coefficient (Wildman–Crippen LogP) is 4.06. The Balaban J connectivity index is 1.25.